The molecule has 138 valence electrons. The number of carbonyl (C=O) groups is 1. The second kappa shape index (κ2) is 8.86. The van der Waals surface area contributed by atoms with Gasteiger partial charge in [0.15, 0.2) is 0 Å². The lowest BCUT2D eigenvalue weighted by atomic mass is 10.2. The SMILES string of the molecule is Nc1c(Cl)cc([N+](=O)[O-])cc1Cl.O=C(O)c1cc(Cl)cc([N+](=O)[O-])c1Cl. The number of rotatable bonds is 3. The number of hydrogen-bond donors (Lipinski definition) is 2. The number of hydrogen-bond acceptors (Lipinski definition) is 6. The molecule has 0 saturated carbocycles. The van der Waals surface area contributed by atoms with Crippen LogP contribution in [0.5, 0.6) is 0 Å². The van der Waals surface area contributed by atoms with Gasteiger partial charge in [0.05, 0.1) is 31.1 Å². The molecule has 0 aliphatic rings. The number of nitro benzene ring substituents is 2. The van der Waals surface area contributed by atoms with Crippen LogP contribution in [0.25, 0.3) is 0 Å². The molecule has 9 nitrogen and oxygen atoms in total. The van der Waals surface area contributed by atoms with E-state index in [0.717, 1.165) is 24.3 Å². The van der Waals surface area contributed by atoms with Gasteiger partial charge in [0.2, 0.25) is 0 Å². The summed E-state index contributed by atoms with van der Waals surface area (Å²) in [5, 5.41) is 29.0. The van der Waals surface area contributed by atoms with E-state index in [-0.39, 0.29) is 32.0 Å². The van der Waals surface area contributed by atoms with Gasteiger partial charge in [0.25, 0.3) is 11.4 Å². The summed E-state index contributed by atoms with van der Waals surface area (Å²) >= 11 is 22.1. The van der Waals surface area contributed by atoms with Gasteiger partial charge >= 0.3 is 5.97 Å². The molecule has 0 bridgehead atoms. The lowest BCUT2D eigenvalue weighted by Crippen LogP contribution is -2.00. The molecule has 0 heterocycles. The lowest BCUT2D eigenvalue weighted by molar-refractivity contribution is -0.384. The fraction of sp³-hybridized carbons (Fsp3) is 0. The third-order valence-electron chi connectivity index (χ3n) is 2.72. The zero-order valence-corrected chi connectivity index (χ0v) is 15.3. The number of nitrogens with zero attached hydrogens (tertiary/aromatic N) is 2. The van der Waals surface area contributed by atoms with Gasteiger partial charge in [0.1, 0.15) is 5.02 Å². The Hall–Kier alpha value is -2.33. The highest BCUT2D eigenvalue weighted by molar-refractivity contribution is 6.39. The quantitative estimate of drug-likeness (QED) is 0.381. The maximum atomic E-state index is 10.6. The molecule has 2 aromatic carbocycles. The standard InChI is InChI=1S/C7H3Cl2NO4.C6H4Cl2N2O2/c8-3-1-4(7(11)12)6(9)5(2-3)10(13)14;7-4-1-3(10(11)12)2-5(8)6(4)9/h1-2H,(H,11,12);1-2H,9H2. The number of nitrogen functional groups attached to an aromatic ring is 1. The van der Waals surface area contributed by atoms with Crippen LogP contribution in [0.3, 0.4) is 0 Å². The van der Waals surface area contributed by atoms with E-state index in [0.29, 0.717) is 0 Å². The zero-order chi connectivity index (χ0) is 20.2. The maximum Gasteiger partial charge on any atom is 0.337 e. The van der Waals surface area contributed by atoms with Gasteiger partial charge in [-0.15, -0.1) is 0 Å². The summed E-state index contributed by atoms with van der Waals surface area (Å²) < 4.78 is 0. The summed E-state index contributed by atoms with van der Waals surface area (Å²) in [6.45, 7) is 0. The molecule has 0 aliphatic heterocycles. The number of aromatic carboxylic acids is 1. The van der Waals surface area contributed by atoms with E-state index >= 15 is 0 Å². The van der Waals surface area contributed by atoms with Crippen LogP contribution in [0.1, 0.15) is 10.4 Å². The van der Waals surface area contributed by atoms with E-state index in [4.69, 9.17) is 57.2 Å². The molecule has 0 aromatic heterocycles. The Bertz CT molecular complexity index is 847. The average Bonchev–Trinajstić information content (AvgIpc) is 2.53. The molecule has 0 unspecified atom stereocenters. The van der Waals surface area contributed by atoms with E-state index in [1.165, 1.54) is 0 Å². The van der Waals surface area contributed by atoms with Crippen molar-refractivity contribution >= 4 is 69.4 Å². The second-order valence-electron chi connectivity index (χ2n) is 4.43. The molecule has 0 atom stereocenters. The third-order valence-corrected chi connectivity index (χ3v) is 3.96. The lowest BCUT2D eigenvalue weighted by Gasteiger charge is -2.00. The van der Waals surface area contributed by atoms with Crippen LogP contribution in [-0.4, -0.2) is 20.9 Å². The molecule has 0 fully saturated rings. The van der Waals surface area contributed by atoms with E-state index in [9.17, 15) is 25.0 Å². The smallest absolute Gasteiger partial charge is 0.337 e. The highest BCUT2D eigenvalue weighted by Crippen LogP contribution is 2.32. The van der Waals surface area contributed by atoms with Gasteiger partial charge in [0, 0.05) is 23.2 Å². The van der Waals surface area contributed by atoms with E-state index in [1.807, 2.05) is 0 Å². The van der Waals surface area contributed by atoms with Crippen molar-refractivity contribution in [2.75, 3.05) is 5.73 Å². The van der Waals surface area contributed by atoms with Crippen molar-refractivity contribution in [3.05, 3.63) is 70.1 Å². The Morgan fingerprint density at radius 1 is 0.962 bits per heavy atom. The molecule has 0 saturated heterocycles. The summed E-state index contributed by atoms with van der Waals surface area (Å²) in [7, 11) is 0. The van der Waals surface area contributed by atoms with Crippen molar-refractivity contribution in [2.24, 2.45) is 0 Å². The summed E-state index contributed by atoms with van der Waals surface area (Å²) in [5.41, 5.74) is 4.45. The Balaban J connectivity index is 0.000000263. The first kappa shape index (κ1) is 21.7. The first-order chi connectivity index (χ1) is 12.0. The van der Waals surface area contributed by atoms with Crippen LogP contribution < -0.4 is 5.73 Å². The topological polar surface area (TPSA) is 150 Å². The van der Waals surface area contributed by atoms with Gasteiger partial charge in [-0.2, -0.15) is 0 Å². The normalized spacial score (nSPS) is 9.85. The van der Waals surface area contributed by atoms with Crippen molar-refractivity contribution in [2.45, 2.75) is 0 Å². The number of nitrogens with two attached hydrogens (primary N) is 1. The van der Waals surface area contributed by atoms with Gasteiger partial charge in [-0.3, -0.25) is 20.2 Å². The van der Waals surface area contributed by atoms with Crippen LogP contribution in [-0.2, 0) is 0 Å². The summed E-state index contributed by atoms with van der Waals surface area (Å²) in [5.74, 6) is -1.36. The molecule has 3 N–H and O–H groups in total. The molecule has 13 heteroatoms. The molecular weight excluding hydrogens is 436 g/mol. The first-order valence-electron chi connectivity index (χ1n) is 6.21. The Morgan fingerprint density at radius 3 is 1.85 bits per heavy atom. The molecular formula is C13H7Cl4N3O6. The number of benzene rings is 2. The van der Waals surface area contributed by atoms with E-state index in [2.05, 4.69) is 0 Å². The van der Waals surface area contributed by atoms with Crippen LogP contribution in [0, 0.1) is 20.2 Å². The Labute approximate surface area is 165 Å². The monoisotopic (exact) mass is 441 g/mol. The number of non-ortho nitro benzene ring substituents is 1. The van der Waals surface area contributed by atoms with Crippen LogP contribution >= 0.6 is 46.4 Å². The minimum absolute atomic E-state index is 0.0431. The van der Waals surface area contributed by atoms with Crippen molar-refractivity contribution in [1.29, 1.82) is 0 Å². The van der Waals surface area contributed by atoms with Gasteiger partial charge in [-0.1, -0.05) is 46.4 Å². The van der Waals surface area contributed by atoms with Crippen molar-refractivity contribution in [1.82, 2.24) is 0 Å². The minimum atomic E-state index is -1.36. The predicted molar refractivity (Wildman–Crippen MR) is 97.6 cm³/mol. The molecule has 2 aromatic rings. The average molecular weight is 443 g/mol. The highest BCUT2D eigenvalue weighted by Gasteiger charge is 2.21. The number of carboxylic acid groups (broad SMARTS) is 1. The number of nitro groups is 2. The fourth-order valence-corrected chi connectivity index (χ4v) is 2.49. The summed E-state index contributed by atoms with van der Waals surface area (Å²) in [6, 6.07) is 4.36. The third kappa shape index (κ3) is 5.33. The number of halogens is 4. The van der Waals surface area contributed by atoms with Crippen LogP contribution in [0.15, 0.2) is 24.3 Å². The highest BCUT2D eigenvalue weighted by atomic mass is 35.5. The van der Waals surface area contributed by atoms with Crippen molar-refractivity contribution < 1.29 is 19.7 Å². The molecule has 0 aliphatic carbocycles. The number of carboxylic acids is 1. The van der Waals surface area contributed by atoms with Crippen molar-refractivity contribution in [3.8, 4) is 0 Å². The second-order valence-corrected chi connectivity index (χ2v) is 6.06. The maximum absolute atomic E-state index is 10.6. The molecule has 26 heavy (non-hydrogen) atoms. The first-order valence-corrected chi connectivity index (χ1v) is 7.72. The van der Waals surface area contributed by atoms with E-state index in [1.54, 1.807) is 0 Å². The Morgan fingerprint density at radius 2 is 1.46 bits per heavy atom. The molecule has 0 radical (unpaired) electrons. The van der Waals surface area contributed by atoms with Gasteiger partial charge in [-0.25, -0.2) is 4.79 Å². The minimum Gasteiger partial charge on any atom is -0.478 e. The Kier molecular flexibility index (Phi) is 7.40. The summed E-state index contributed by atoms with van der Waals surface area (Å²) in [4.78, 5) is 29.9. The predicted octanol–water partition coefficient (Wildman–Crippen LogP) is 5.08. The molecule has 2 rings (SSSR count). The van der Waals surface area contributed by atoms with Gasteiger partial charge in [-0.05, 0) is 6.07 Å². The zero-order valence-electron chi connectivity index (χ0n) is 12.3. The number of anilines is 1. The van der Waals surface area contributed by atoms with Gasteiger partial charge < -0.3 is 10.8 Å². The van der Waals surface area contributed by atoms with Crippen LogP contribution in [0.4, 0.5) is 17.1 Å². The van der Waals surface area contributed by atoms with E-state index < -0.39 is 26.5 Å². The summed E-state index contributed by atoms with van der Waals surface area (Å²) in [6.07, 6.45) is 0. The van der Waals surface area contributed by atoms with Crippen molar-refractivity contribution in [3.63, 3.8) is 0 Å². The fourth-order valence-electron chi connectivity index (χ4n) is 1.54. The van der Waals surface area contributed by atoms with Crippen LogP contribution in [0.2, 0.25) is 20.1 Å². The molecule has 0 amide bonds. The largest absolute Gasteiger partial charge is 0.478 e. The molecule has 0 spiro atoms.